The number of carbonyl (C=O) groups excluding carboxylic acids is 1. The summed E-state index contributed by atoms with van der Waals surface area (Å²) in [5.74, 6) is 0.231. The number of fused-ring (bicyclic) bond motifs is 3. The van der Waals surface area contributed by atoms with Gasteiger partial charge in [-0.2, -0.15) is 0 Å². The highest BCUT2D eigenvalue weighted by Gasteiger charge is 2.17. The van der Waals surface area contributed by atoms with E-state index in [1.807, 2.05) is 74.5 Å². The molecule has 0 fully saturated rings. The Morgan fingerprint density at radius 2 is 1.79 bits per heavy atom. The second kappa shape index (κ2) is 8.26. The van der Waals surface area contributed by atoms with Crippen molar-refractivity contribution in [3.63, 3.8) is 0 Å². The molecule has 0 bridgehead atoms. The first-order valence-corrected chi connectivity index (χ1v) is 11.5. The van der Waals surface area contributed by atoms with Gasteiger partial charge in [-0.1, -0.05) is 48.0 Å². The van der Waals surface area contributed by atoms with Gasteiger partial charge in [0, 0.05) is 16.6 Å². The standard InChI is InChI=1S/C26H22N4O2S/c1-15-9-11-20(16(2)13-15)28-22(31)14-30-17(3)27-23-19-10-12-21(18-7-5-4-6-8-18)29-25(19)33-24(23)26(30)32/h4-13H,14H2,1-3H3,(H,28,31). The number of hydrogen-bond acceptors (Lipinski definition) is 5. The van der Waals surface area contributed by atoms with E-state index in [0.717, 1.165) is 38.3 Å². The van der Waals surface area contributed by atoms with E-state index in [1.54, 1.807) is 6.92 Å². The zero-order chi connectivity index (χ0) is 23.1. The van der Waals surface area contributed by atoms with E-state index < -0.39 is 0 Å². The lowest BCUT2D eigenvalue weighted by molar-refractivity contribution is -0.116. The van der Waals surface area contributed by atoms with Crippen LogP contribution in [0.15, 0.2) is 65.5 Å². The first-order valence-electron chi connectivity index (χ1n) is 10.6. The molecule has 2 aromatic carbocycles. The Morgan fingerprint density at radius 1 is 1.00 bits per heavy atom. The lowest BCUT2D eigenvalue weighted by atomic mass is 10.1. The number of rotatable bonds is 4. The molecule has 0 radical (unpaired) electrons. The molecule has 3 heterocycles. The molecule has 0 spiro atoms. The van der Waals surface area contributed by atoms with Gasteiger partial charge in [-0.3, -0.25) is 14.2 Å². The van der Waals surface area contributed by atoms with Crippen molar-refractivity contribution in [2.24, 2.45) is 0 Å². The molecule has 0 saturated heterocycles. The number of thiophene rings is 1. The first kappa shape index (κ1) is 21.0. The molecule has 0 unspecified atom stereocenters. The van der Waals surface area contributed by atoms with Crippen molar-refractivity contribution in [2.45, 2.75) is 27.3 Å². The number of nitrogens with one attached hydrogen (secondary N) is 1. The normalized spacial score (nSPS) is 11.2. The van der Waals surface area contributed by atoms with Crippen molar-refractivity contribution in [1.82, 2.24) is 14.5 Å². The summed E-state index contributed by atoms with van der Waals surface area (Å²) in [4.78, 5) is 36.2. The molecule has 1 amide bonds. The fraction of sp³-hybridized carbons (Fsp3) is 0.154. The summed E-state index contributed by atoms with van der Waals surface area (Å²) in [5.41, 5.74) is 5.12. The van der Waals surface area contributed by atoms with E-state index in [4.69, 9.17) is 4.98 Å². The second-order valence-electron chi connectivity index (χ2n) is 8.11. The predicted molar refractivity (Wildman–Crippen MR) is 134 cm³/mol. The van der Waals surface area contributed by atoms with Crippen LogP contribution in [-0.2, 0) is 11.3 Å². The van der Waals surface area contributed by atoms with Crippen LogP contribution < -0.4 is 10.9 Å². The highest BCUT2D eigenvalue weighted by molar-refractivity contribution is 7.25. The number of aryl methyl sites for hydroxylation is 3. The minimum absolute atomic E-state index is 0.0993. The van der Waals surface area contributed by atoms with Gasteiger partial charge >= 0.3 is 0 Å². The van der Waals surface area contributed by atoms with Crippen LogP contribution in [0.3, 0.4) is 0 Å². The van der Waals surface area contributed by atoms with Gasteiger partial charge in [0.1, 0.15) is 21.9 Å². The van der Waals surface area contributed by atoms with Gasteiger partial charge in [-0.25, -0.2) is 9.97 Å². The molecule has 164 valence electrons. The fourth-order valence-electron chi connectivity index (χ4n) is 3.96. The van der Waals surface area contributed by atoms with Crippen LogP contribution in [0.2, 0.25) is 0 Å². The molecular formula is C26H22N4O2S. The van der Waals surface area contributed by atoms with Gasteiger partial charge < -0.3 is 5.32 Å². The quantitative estimate of drug-likeness (QED) is 0.403. The first-order chi connectivity index (χ1) is 15.9. The lowest BCUT2D eigenvalue weighted by Crippen LogP contribution is -2.29. The largest absolute Gasteiger partial charge is 0.324 e. The summed E-state index contributed by atoms with van der Waals surface area (Å²) in [6.45, 7) is 5.60. The molecule has 3 aromatic heterocycles. The average Bonchev–Trinajstić information content (AvgIpc) is 3.17. The van der Waals surface area contributed by atoms with Gasteiger partial charge in [0.05, 0.1) is 11.2 Å². The maximum atomic E-state index is 13.3. The van der Waals surface area contributed by atoms with Crippen LogP contribution in [0.25, 0.3) is 31.7 Å². The second-order valence-corrected chi connectivity index (χ2v) is 9.11. The molecule has 0 saturated carbocycles. The molecule has 5 aromatic rings. The van der Waals surface area contributed by atoms with Crippen LogP contribution >= 0.6 is 11.3 Å². The van der Waals surface area contributed by atoms with Crippen molar-refractivity contribution in [1.29, 1.82) is 0 Å². The Labute approximate surface area is 194 Å². The summed E-state index contributed by atoms with van der Waals surface area (Å²) in [7, 11) is 0. The van der Waals surface area contributed by atoms with E-state index in [-0.39, 0.29) is 18.0 Å². The number of amides is 1. The smallest absolute Gasteiger partial charge is 0.272 e. The SMILES string of the molecule is Cc1ccc(NC(=O)Cn2c(C)nc3c(sc4nc(-c5ccccc5)ccc43)c2=O)c(C)c1. The Balaban J connectivity index is 1.51. The number of pyridine rings is 1. The van der Waals surface area contributed by atoms with E-state index in [0.29, 0.717) is 16.0 Å². The Kier molecular flexibility index (Phi) is 5.26. The molecule has 7 heteroatoms. The molecule has 33 heavy (non-hydrogen) atoms. The zero-order valence-electron chi connectivity index (χ0n) is 18.5. The number of hydrogen-bond donors (Lipinski definition) is 1. The predicted octanol–water partition coefficient (Wildman–Crippen LogP) is 5.24. The van der Waals surface area contributed by atoms with Crippen molar-refractivity contribution < 1.29 is 4.79 Å². The molecular weight excluding hydrogens is 432 g/mol. The third-order valence-corrected chi connectivity index (χ3v) is 6.74. The average molecular weight is 455 g/mol. The minimum Gasteiger partial charge on any atom is -0.324 e. The zero-order valence-corrected chi connectivity index (χ0v) is 19.4. The Morgan fingerprint density at radius 3 is 2.55 bits per heavy atom. The highest BCUT2D eigenvalue weighted by Crippen LogP contribution is 2.31. The lowest BCUT2D eigenvalue weighted by Gasteiger charge is -2.12. The van der Waals surface area contributed by atoms with E-state index >= 15 is 0 Å². The van der Waals surface area contributed by atoms with E-state index in [9.17, 15) is 9.59 Å². The molecule has 5 rings (SSSR count). The Bertz CT molecular complexity index is 1590. The van der Waals surface area contributed by atoms with Gasteiger partial charge in [0.15, 0.2) is 0 Å². The van der Waals surface area contributed by atoms with Gasteiger partial charge in [-0.05, 0) is 44.5 Å². The summed E-state index contributed by atoms with van der Waals surface area (Å²) < 4.78 is 1.93. The summed E-state index contributed by atoms with van der Waals surface area (Å²) in [5, 5.41) is 3.75. The third-order valence-electron chi connectivity index (χ3n) is 5.66. The highest BCUT2D eigenvalue weighted by atomic mass is 32.1. The van der Waals surface area contributed by atoms with Crippen molar-refractivity contribution >= 4 is 43.4 Å². The maximum Gasteiger partial charge on any atom is 0.272 e. The molecule has 0 aliphatic heterocycles. The molecule has 0 atom stereocenters. The van der Waals surface area contributed by atoms with Crippen LogP contribution in [0.5, 0.6) is 0 Å². The summed E-state index contributed by atoms with van der Waals surface area (Å²) in [6.07, 6.45) is 0. The van der Waals surface area contributed by atoms with Crippen LogP contribution in [-0.4, -0.2) is 20.4 Å². The Hall–Kier alpha value is -3.84. The number of nitrogens with zero attached hydrogens (tertiary/aromatic N) is 3. The summed E-state index contributed by atoms with van der Waals surface area (Å²) in [6, 6.07) is 19.7. The van der Waals surface area contributed by atoms with Crippen molar-refractivity contribution in [3.05, 3.63) is 88.0 Å². The minimum atomic E-state index is -0.265. The topological polar surface area (TPSA) is 76.9 Å². The van der Waals surface area contributed by atoms with Crippen molar-refractivity contribution in [2.75, 3.05) is 5.32 Å². The van der Waals surface area contributed by atoms with Crippen LogP contribution in [0.4, 0.5) is 5.69 Å². The number of carbonyl (C=O) groups is 1. The summed E-state index contributed by atoms with van der Waals surface area (Å²) >= 11 is 1.32. The third kappa shape index (κ3) is 3.91. The molecule has 0 aliphatic rings. The van der Waals surface area contributed by atoms with Crippen LogP contribution in [0.1, 0.15) is 17.0 Å². The van der Waals surface area contributed by atoms with Crippen LogP contribution in [0, 0.1) is 20.8 Å². The monoisotopic (exact) mass is 454 g/mol. The number of aromatic nitrogens is 3. The van der Waals surface area contributed by atoms with Gasteiger partial charge in [0.25, 0.3) is 5.56 Å². The van der Waals surface area contributed by atoms with Gasteiger partial charge in [0.2, 0.25) is 5.91 Å². The number of anilines is 1. The molecule has 6 nitrogen and oxygen atoms in total. The van der Waals surface area contributed by atoms with E-state index in [2.05, 4.69) is 10.3 Å². The van der Waals surface area contributed by atoms with E-state index in [1.165, 1.54) is 15.9 Å². The molecule has 1 N–H and O–H groups in total. The van der Waals surface area contributed by atoms with Gasteiger partial charge in [-0.15, -0.1) is 11.3 Å². The maximum absolute atomic E-state index is 13.3. The number of benzene rings is 2. The fourth-order valence-corrected chi connectivity index (χ4v) is 5.02. The molecule has 0 aliphatic carbocycles. The van der Waals surface area contributed by atoms with Crippen molar-refractivity contribution in [3.8, 4) is 11.3 Å².